The predicted molar refractivity (Wildman–Crippen MR) is 108 cm³/mol. The van der Waals surface area contributed by atoms with Gasteiger partial charge in [0.05, 0.1) is 5.92 Å². The fourth-order valence-corrected chi connectivity index (χ4v) is 4.61. The lowest BCUT2D eigenvalue weighted by Crippen LogP contribution is -2.48. The average molecular weight is 382 g/mol. The van der Waals surface area contributed by atoms with E-state index in [4.69, 9.17) is 4.42 Å². The van der Waals surface area contributed by atoms with Crippen molar-refractivity contribution in [1.29, 1.82) is 0 Å². The van der Waals surface area contributed by atoms with Gasteiger partial charge in [0.15, 0.2) is 0 Å². The van der Waals surface area contributed by atoms with Crippen LogP contribution in [0.2, 0.25) is 0 Å². The normalized spacial score (nSPS) is 22.8. The molecule has 5 heteroatoms. The molecule has 1 amide bonds. The number of amides is 1. The maximum absolute atomic E-state index is 12.2. The minimum absolute atomic E-state index is 0.204. The number of aromatic nitrogens is 2. The van der Waals surface area contributed by atoms with Crippen LogP contribution < -0.4 is 0 Å². The third-order valence-electron chi connectivity index (χ3n) is 6.34. The van der Waals surface area contributed by atoms with E-state index in [9.17, 15) is 4.79 Å². The molecule has 0 N–H and O–H groups in total. The summed E-state index contributed by atoms with van der Waals surface area (Å²) in [5, 5.41) is 8.79. The Morgan fingerprint density at radius 1 is 1.04 bits per heavy atom. The largest absolute Gasteiger partial charge is 0.425 e. The van der Waals surface area contributed by atoms with Gasteiger partial charge < -0.3 is 9.32 Å². The van der Waals surface area contributed by atoms with Crippen molar-refractivity contribution in [2.24, 2.45) is 0 Å². The van der Waals surface area contributed by atoms with Crippen LogP contribution in [0, 0.1) is 0 Å². The third-order valence-corrected chi connectivity index (χ3v) is 6.34. The molecule has 2 unspecified atom stereocenters. The maximum atomic E-state index is 12.2. The Morgan fingerprint density at radius 2 is 1.75 bits per heavy atom. The van der Waals surface area contributed by atoms with Crippen molar-refractivity contribution < 1.29 is 9.21 Å². The zero-order valence-corrected chi connectivity index (χ0v) is 16.8. The van der Waals surface area contributed by atoms with E-state index in [0.717, 1.165) is 44.7 Å². The molecule has 1 saturated carbocycles. The second-order valence-corrected chi connectivity index (χ2v) is 8.34. The van der Waals surface area contributed by atoms with Gasteiger partial charge in [-0.25, -0.2) is 0 Å². The number of hydrogen-bond donors (Lipinski definition) is 0. The van der Waals surface area contributed by atoms with Gasteiger partial charge in [-0.1, -0.05) is 62.9 Å². The molecular weight excluding hydrogens is 350 g/mol. The van der Waals surface area contributed by atoms with Crippen molar-refractivity contribution in [2.75, 3.05) is 13.1 Å². The topological polar surface area (TPSA) is 59.2 Å². The van der Waals surface area contributed by atoms with Gasteiger partial charge in [-0.3, -0.25) is 4.79 Å². The predicted octanol–water partition coefficient (Wildman–Crippen LogP) is 5.02. The first-order valence-electron chi connectivity index (χ1n) is 10.9. The van der Waals surface area contributed by atoms with Crippen molar-refractivity contribution in [3.8, 4) is 0 Å². The third kappa shape index (κ3) is 4.13. The zero-order chi connectivity index (χ0) is 19.3. The van der Waals surface area contributed by atoms with E-state index >= 15 is 0 Å². The standard InChI is InChI=1S/C23H31N3O2/c1-2-3-5-14-21(27)26-15-18(16-26)22-24-25-23(28-22)20-13-9-8-12-19(20)17-10-6-4-7-11-17/h4,6-7,10-11,18-20H,2-3,5,8-9,12-16H2,1H3. The van der Waals surface area contributed by atoms with E-state index < -0.39 is 0 Å². The van der Waals surface area contributed by atoms with Gasteiger partial charge in [0, 0.05) is 25.4 Å². The summed E-state index contributed by atoms with van der Waals surface area (Å²) in [6, 6.07) is 10.7. The van der Waals surface area contributed by atoms with Crippen LogP contribution in [0.1, 0.15) is 93.4 Å². The highest BCUT2D eigenvalue weighted by Crippen LogP contribution is 2.44. The van der Waals surface area contributed by atoms with Crippen LogP contribution in [0.3, 0.4) is 0 Å². The first kappa shape index (κ1) is 19.2. The molecule has 5 nitrogen and oxygen atoms in total. The van der Waals surface area contributed by atoms with Crippen LogP contribution in [0.15, 0.2) is 34.7 Å². The summed E-state index contributed by atoms with van der Waals surface area (Å²) >= 11 is 0. The number of likely N-dealkylation sites (tertiary alicyclic amines) is 1. The highest BCUT2D eigenvalue weighted by Gasteiger charge is 2.37. The fraction of sp³-hybridized carbons (Fsp3) is 0.609. The number of hydrogen-bond acceptors (Lipinski definition) is 4. The summed E-state index contributed by atoms with van der Waals surface area (Å²) in [5.41, 5.74) is 1.37. The highest BCUT2D eigenvalue weighted by molar-refractivity contribution is 5.77. The van der Waals surface area contributed by atoms with E-state index in [1.54, 1.807) is 0 Å². The lowest BCUT2D eigenvalue weighted by Gasteiger charge is -2.37. The Labute approximate surface area is 167 Å². The van der Waals surface area contributed by atoms with Gasteiger partial charge in [-0.05, 0) is 30.7 Å². The fourth-order valence-electron chi connectivity index (χ4n) is 4.61. The molecule has 0 spiro atoms. The second-order valence-electron chi connectivity index (χ2n) is 8.34. The molecule has 2 aliphatic rings. The van der Waals surface area contributed by atoms with Gasteiger partial charge in [-0.15, -0.1) is 10.2 Å². The molecule has 2 aromatic rings. The van der Waals surface area contributed by atoms with Crippen LogP contribution in [0.4, 0.5) is 0 Å². The zero-order valence-electron chi connectivity index (χ0n) is 16.8. The van der Waals surface area contributed by atoms with Crippen molar-refractivity contribution in [3.05, 3.63) is 47.7 Å². The van der Waals surface area contributed by atoms with Gasteiger partial charge in [0.1, 0.15) is 0 Å². The monoisotopic (exact) mass is 381 g/mol. The quantitative estimate of drug-likeness (QED) is 0.632. The Balaban J connectivity index is 1.37. The van der Waals surface area contributed by atoms with Crippen molar-refractivity contribution in [2.45, 2.75) is 76.0 Å². The van der Waals surface area contributed by atoms with Crippen LogP contribution in [-0.4, -0.2) is 34.1 Å². The molecule has 1 aliphatic heterocycles. The van der Waals surface area contributed by atoms with Gasteiger partial charge in [0.25, 0.3) is 0 Å². The van der Waals surface area contributed by atoms with E-state index in [-0.39, 0.29) is 11.8 Å². The van der Waals surface area contributed by atoms with Crippen LogP contribution in [0.5, 0.6) is 0 Å². The molecule has 2 heterocycles. The van der Waals surface area contributed by atoms with Crippen molar-refractivity contribution in [1.82, 2.24) is 15.1 Å². The van der Waals surface area contributed by atoms with E-state index in [2.05, 4.69) is 47.5 Å². The molecule has 0 radical (unpaired) electrons. The Bertz CT molecular complexity index is 767. The maximum Gasteiger partial charge on any atom is 0.223 e. The molecule has 2 fully saturated rings. The molecular formula is C23H31N3O2. The minimum Gasteiger partial charge on any atom is -0.425 e. The number of carbonyl (C=O) groups is 1. The Hall–Kier alpha value is -2.17. The van der Waals surface area contributed by atoms with Gasteiger partial charge >= 0.3 is 0 Å². The van der Waals surface area contributed by atoms with Crippen LogP contribution in [0.25, 0.3) is 0 Å². The van der Waals surface area contributed by atoms with Crippen LogP contribution >= 0.6 is 0 Å². The molecule has 1 aromatic heterocycles. The summed E-state index contributed by atoms with van der Waals surface area (Å²) in [5.74, 6) is 2.74. The Kier molecular flexibility index (Phi) is 6.08. The summed E-state index contributed by atoms with van der Waals surface area (Å²) < 4.78 is 6.15. The molecule has 1 aromatic carbocycles. The van der Waals surface area contributed by atoms with E-state index in [1.165, 1.54) is 24.8 Å². The molecule has 150 valence electrons. The molecule has 1 saturated heterocycles. The summed E-state index contributed by atoms with van der Waals surface area (Å²) in [7, 11) is 0. The summed E-state index contributed by atoms with van der Waals surface area (Å²) in [6.45, 7) is 3.60. The number of rotatable bonds is 7. The molecule has 0 bridgehead atoms. The number of carbonyl (C=O) groups excluding carboxylic acids is 1. The van der Waals surface area contributed by atoms with Gasteiger partial charge in [-0.2, -0.15) is 0 Å². The Morgan fingerprint density at radius 3 is 2.50 bits per heavy atom. The van der Waals surface area contributed by atoms with Crippen molar-refractivity contribution in [3.63, 3.8) is 0 Å². The molecule has 28 heavy (non-hydrogen) atoms. The SMILES string of the molecule is CCCCCC(=O)N1CC(c2nnc(C3CCCCC3c3ccccc3)o2)C1. The number of unbranched alkanes of at least 4 members (excludes halogenated alkanes) is 2. The number of benzene rings is 1. The second kappa shape index (κ2) is 8.89. The highest BCUT2D eigenvalue weighted by atomic mass is 16.4. The lowest BCUT2D eigenvalue weighted by atomic mass is 9.75. The van der Waals surface area contributed by atoms with Gasteiger partial charge in [0.2, 0.25) is 17.7 Å². The molecule has 1 aliphatic carbocycles. The van der Waals surface area contributed by atoms with Crippen molar-refractivity contribution >= 4 is 5.91 Å². The van der Waals surface area contributed by atoms with Crippen LogP contribution in [-0.2, 0) is 4.79 Å². The lowest BCUT2D eigenvalue weighted by molar-refractivity contribution is -0.136. The molecule has 4 rings (SSSR count). The number of nitrogens with zero attached hydrogens (tertiary/aromatic N) is 3. The summed E-state index contributed by atoms with van der Waals surface area (Å²) in [6.07, 6.45) is 8.68. The first-order valence-corrected chi connectivity index (χ1v) is 10.9. The summed E-state index contributed by atoms with van der Waals surface area (Å²) in [4.78, 5) is 14.1. The minimum atomic E-state index is 0.204. The van der Waals surface area contributed by atoms with E-state index in [0.29, 0.717) is 24.1 Å². The smallest absolute Gasteiger partial charge is 0.223 e. The molecule has 2 atom stereocenters. The van der Waals surface area contributed by atoms with E-state index in [1.807, 2.05) is 4.90 Å². The first-order chi connectivity index (χ1) is 13.8. The average Bonchev–Trinajstić information content (AvgIpc) is 3.17.